The van der Waals surface area contributed by atoms with Gasteiger partial charge in [-0.05, 0) is 36.1 Å². The largest absolute Gasteiger partial charge is 0.480 e. The molecule has 2 amide bonds. The van der Waals surface area contributed by atoms with Gasteiger partial charge in [-0.2, -0.15) is 0 Å². The second kappa shape index (κ2) is 8.34. The van der Waals surface area contributed by atoms with Gasteiger partial charge < -0.3 is 20.5 Å². The summed E-state index contributed by atoms with van der Waals surface area (Å²) in [6, 6.07) is 16.1. The molecule has 0 saturated carbocycles. The molecular weight excluding hydrogens is 372 g/mol. The fraction of sp³-hybridized carbons (Fsp3) is 0.318. The van der Waals surface area contributed by atoms with E-state index in [0.29, 0.717) is 0 Å². The molecule has 3 rings (SSSR count). The summed E-state index contributed by atoms with van der Waals surface area (Å²) in [6.45, 7) is 3.07. The molecule has 3 N–H and O–H groups in total. The molecule has 2 aromatic rings. The molecule has 0 aliphatic heterocycles. The molecule has 7 heteroatoms. The van der Waals surface area contributed by atoms with Gasteiger partial charge in [0.25, 0.3) is 0 Å². The molecule has 0 aromatic heterocycles. The Kier molecular flexibility index (Phi) is 5.87. The zero-order valence-electron chi connectivity index (χ0n) is 16.4. The first-order chi connectivity index (χ1) is 13.8. The highest BCUT2D eigenvalue weighted by Crippen LogP contribution is 2.44. The second-order valence-corrected chi connectivity index (χ2v) is 7.68. The van der Waals surface area contributed by atoms with Crippen LogP contribution in [-0.4, -0.2) is 41.8 Å². The maximum atomic E-state index is 12.3. The number of amides is 2. The molecule has 0 atom stereocenters. The van der Waals surface area contributed by atoms with Gasteiger partial charge in [-0.1, -0.05) is 48.5 Å². The van der Waals surface area contributed by atoms with E-state index in [9.17, 15) is 14.4 Å². The zero-order valence-corrected chi connectivity index (χ0v) is 16.4. The van der Waals surface area contributed by atoms with Crippen LogP contribution < -0.4 is 10.6 Å². The van der Waals surface area contributed by atoms with Crippen LogP contribution in [0.1, 0.15) is 37.3 Å². The van der Waals surface area contributed by atoms with Gasteiger partial charge in [0.05, 0.1) is 0 Å². The highest BCUT2D eigenvalue weighted by molar-refractivity contribution is 5.82. The lowest BCUT2D eigenvalue weighted by atomic mass is 9.98. The van der Waals surface area contributed by atoms with Crippen molar-refractivity contribution in [1.29, 1.82) is 0 Å². The third kappa shape index (κ3) is 4.93. The molecule has 0 fully saturated rings. The molecular formula is C22H24N2O5. The van der Waals surface area contributed by atoms with E-state index in [2.05, 4.69) is 22.8 Å². The molecule has 1 aliphatic carbocycles. The van der Waals surface area contributed by atoms with Crippen molar-refractivity contribution in [2.24, 2.45) is 0 Å². The van der Waals surface area contributed by atoms with Crippen molar-refractivity contribution < 1.29 is 24.2 Å². The fourth-order valence-corrected chi connectivity index (χ4v) is 3.59. The first-order valence-electron chi connectivity index (χ1n) is 9.38. The van der Waals surface area contributed by atoms with Gasteiger partial charge in [0.1, 0.15) is 13.2 Å². The molecule has 2 aromatic carbocycles. The predicted octanol–water partition coefficient (Wildman–Crippen LogP) is 2.89. The maximum absolute atomic E-state index is 12.3. The van der Waals surface area contributed by atoms with Crippen molar-refractivity contribution in [3.8, 4) is 11.1 Å². The molecule has 29 heavy (non-hydrogen) atoms. The predicted molar refractivity (Wildman–Crippen MR) is 108 cm³/mol. The Balaban J connectivity index is 1.59. The van der Waals surface area contributed by atoms with E-state index >= 15 is 0 Å². The standard InChI is InChI=1S/C22H24N2O5/c1-22(2,11-19(25)23-12-20(26)27)24-21(28)29-13-18-16-9-5-3-7-14(16)15-8-4-6-10-17(15)18/h3-10,18H,11-13H2,1-2H3,(H,23,25)(H,24,28)(H,26,27). The minimum atomic E-state index is -1.12. The number of benzene rings is 2. The highest BCUT2D eigenvalue weighted by Gasteiger charge is 2.30. The molecule has 0 spiro atoms. The minimum Gasteiger partial charge on any atom is -0.480 e. The Hall–Kier alpha value is -3.35. The number of rotatable bonds is 7. The molecule has 152 valence electrons. The van der Waals surface area contributed by atoms with Gasteiger partial charge >= 0.3 is 12.1 Å². The van der Waals surface area contributed by atoms with Crippen molar-refractivity contribution in [2.75, 3.05) is 13.2 Å². The van der Waals surface area contributed by atoms with Crippen LogP contribution in [0.5, 0.6) is 0 Å². The number of hydrogen-bond donors (Lipinski definition) is 3. The second-order valence-electron chi connectivity index (χ2n) is 7.68. The van der Waals surface area contributed by atoms with E-state index in [-0.39, 0.29) is 18.9 Å². The smallest absolute Gasteiger partial charge is 0.407 e. The number of hydrogen-bond acceptors (Lipinski definition) is 4. The number of aliphatic carboxylic acids is 1. The quantitative estimate of drug-likeness (QED) is 0.667. The summed E-state index contributed by atoms with van der Waals surface area (Å²) in [5.41, 5.74) is 3.65. The van der Waals surface area contributed by atoms with Crippen molar-refractivity contribution >= 4 is 18.0 Å². The third-order valence-electron chi connectivity index (χ3n) is 4.82. The summed E-state index contributed by atoms with van der Waals surface area (Å²) in [7, 11) is 0. The summed E-state index contributed by atoms with van der Waals surface area (Å²) >= 11 is 0. The van der Waals surface area contributed by atoms with Crippen LogP contribution in [0.2, 0.25) is 0 Å². The summed E-state index contributed by atoms with van der Waals surface area (Å²) in [4.78, 5) is 34.7. The SMILES string of the molecule is CC(C)(CC(=O)NCC(=O)O)NC(=O)OCC1c2ccccc2-c2ccccc21. The average Bonchev–Trinajstić information content (AvgIpc) is 2.98. The van der Waals surface area contributed by atoms with Crippen LogP contribution in [-0.2, 0) is 14.3 Å². The van der Waals surface area contributed by atoms with Crippen molar-refractivity contribution in [2.45, 2.75) is 31.7 Å². The van der Waals surface area contributed by atoms with Gasteiger partial charge in [-0.25, -0.2) is 4.79 Å². The van der Waals surface area contributed by atoms with Gasteiger partial charge in [0, 0.05) is 17.9 Å². The van der Waals surface area contributed by atoms with Crippen LogP contribution >= 0.6 is 0 Å². The third-order valence-corrected chi connectivity index (χ3v) is 4.82. The van der Waals surface area contributed by atoms with Crippen LogP contribution in [0.25, 0.3) is 11.1 Å². The topological polar surface area (TPSA) is 105 Å². The Bertz CT molecular complexity index is 893. The highest BCUT2D eigenvalue weighted by atomic mass is 16.5. The van der Waals surface area contributed by atoms with Gasteiger partial charge in [0.2, 0.25) is 5.91 Å². The number of fused-ring (bicyclic) bond motifs is 3. The molecule has 0 heterocycles. The summed E-state index contributed by atoms with van der Waals surface area (Å²) in [5.74, 6) is -1.63. The van der Waals surface area contributed by atoms with Crippen LogP contribution in [0, 0.1) is 0 Å². The van der Waals surface area contributed by atoms with Gasteiger partial charge in [-0.3, -0.25) is 9.59 Å². The minimum absolute atomic E-state index is 0.0462. The number of carbonyl (C=O) groups is 3. The molecule has 0 saturated heterocycles. The lowest BCUT2D eigenvalue weighted by Gasteiger charge is -2.25. The summed E-state index contributed by atoms with van der Waals surface area (Å²) in [6.07, 6.45) is -0.687. The molecule has 0 unspecified atom stereocenters. The number of alkyl carbamates (subject to hydrolysis) is 1. The van der Waals surface area contributed by atoms with E-state index in [4.69, 9.17) is 9.84 Å². The number of carboxylic acid groups (broad SMARTS) is 1. The van der Waals surface area contributed by atoms with Crippen molar-refractivity contribution in [3.05, 3.63) is 59.7 Å². The van der Waals surface area contributed by atoms with Crippen LogP contribution in [0.4, 0.5) is 4.79 Å². The molecule has 1 aliphatic rings. The Morgan fingerprint density at radius 2 is 1.55 bits per heavy atom. The fourth-order valence-electron chi connectivity index (χ4n) is 3.59. The van der Waals surface area contributed by atoms with Crippen LogP contribution in [0.15, 0.2) is 48.5 Å². The first kappa shape index (κ1) is 20.4. The van der Waals surface area contributed by atoms with Gasteiger partial charge in [-0.15, -0.1) is 0 Å². The number of carbonyl (C=O) groups excluding carboxylic acids is 2. The van der Waals surface area contributed by atoms with E-state index in [1.807, 2.05) is 36.4 Å². The maximum Gasteiger partial charge on any atom is 0.407 e. The normalized spacial score (nSPS) is 12.6. The summed E-state index contributed by atoms with van der Waals surface area (Å²) < 4.78 is 5.48. The van der Waals surface area contributed by atoms with E-state index in [1.54, 1.807) is 13.8 Å². The zero-order chi connectivity index (χ0) is 21.0. The first-order valence-corrected chi connectivity index (χ1v) is 9.38. The number of nitrogens with one attached hydrogen (secondary N) is 2. The van der Waals surface area contributed by atoms with E-state index < -0.39 is 30.1 Å². The summed E-state index contributed by atoms with van der Waals surface area (Å²) in [5, 5.41) is 13.6. The monoisotopic (exact) mass is 396 g/mol. The molecule has 0 bridgehead atoms. The van der Waals surface area contributed by atoms with Gasteiger partial charge in [0.15, 0.2) is 0 Å². The lowest BCUT2D eigenvalue weighted by molar-refractivity contribution is -0.138. The van der Waals surface area contributed by atoms with Crippen molar-refractivity contribution in [1.82, 2.24) is 10.6 Å². The Morgan fingerprint density at radius 3 is 2.10 bits per heavy atom. The number of carboxylic acids is 1. The van der Waals surface area contributed by atoms with E-state index in [0.717, 1.165) is 22.3 Å². The molecule has 7 nitrogen and oxygen atoms in total. The Morgan fingerprint density at radius 1 is 1.00 bits per heavy atom. The average molecular weight is 396 g/mol. The van der Waals surface area contributed by atoms with E-state index in [1.165, 1.54) is 0 Å². The molecule has 0 radical (unpaired) electrons. The van der Waals surface area contributed by atoms with Crippen LogP contribution in [0.3, 0.4) is 0 Å². The van der Waals surface area contributed by atoms with Crippen molar-refractivity contribution in [3.63, 3.8) is 0 Å². The number of ether oxygens (including phenoxy) is 1. The lowest BCUT2D eigenvalue weighted by Crippen LogP contribution is -2.47. The Labute approximate surface area is 169 Å².